The van der Waals surface area contributed by atoms with E-state index in [1.54, 1.807) is 0 Å². The van der Waals surface area contributed by atoms with Crippen LogP contribution >= 0.6 is 0 Å². The van der Waals surface area contributed by atoms with Crippen molar-refractivity contribution in [1.29, 1.82) is 0 Å². The number of hydrogen-bond donors (Lipinski definition) is 2. The Morgan fingerprint density at radius 3 is 2.46 bits per heavy atom. The molecule has 1 aromatic heterocycles. The first-order chi connectivity index (χ1) is 5.95. The maximum atomic E-state index is 6.00. The van der Waals surface area contributed by atoms with Gasteiger partial charge in [0.1, 0.15) is 5.82 Å². The number of rotatable bonds is 2. The van der Waals surface area contributed by atoms with Crippen molar-refractivity contribution in [3.05, 3.63) is 11.6 Å². The Bertz CT molecular complexity index is 271. The van der Waals surface area contributed by atoms with Gasteiger partial charge in [0.25, 0.3) is 0 Å². The molecule has 4 nitrogen and oxygen atoms in total. The van der Waals surface area contributed by atoms with Crippen molar-refractivity contribution in [3.63, 3.8) is 0 Å². The predicted octanol–water partition coefficient (Wildman–Crippen LogP) is 1.41. The molecule has 74 valence electrons. The molecule has 0 fully saturated rings. The molecular weight excluding hydrogens is 164 g/mol. The number of aryl methyl sites for hydroxylation is 1. The number of nitrogens with zero attached hydrogens (tertiary/aromatic N) is 2. The lowest BCUT2D eigenvalue weighted by molar-refractivity contribution is 0.316. The van der Waals surface area contributed by atoms with Crippen LogP contribution in [-0.2, 0) is 6.42 Å². The van der Waals surface area contributed by atoms with E-state index in [9.17, 15) is 0 Å². The van der Waals surface area contributed by atoms with Gasteiger partial charge in [0.05, 0.1) is 6.04 Å². The van der Waals surface area contributed by atoms with E-state index in [2.05, 4.69) is 36.0 Å². The molecule has 1 atom stereocenters. The molecule has 0 aliphatic rings. The van der Waals surface area contributed by atoms with E-state index in [0.717, 1.165) is 12.2 Å². The molecule has 0 spiro atoms. The summed E-state index contributed by atoms with van der Waals surface area (Å²) in [5, 5.41) is 6.96. The average molecular weight is 182 g/mol. The highest BCUT2D eigenvalue weighted by Gasteiger charge is 2.25. The molecule has 1 aromatic rings. The molecule has 13 heavy (non-hydrogen) atoms. The van der Waals surface area contributed by atoms with Gasteiger partial charge in [-0.05, 0) is 5.41 Å². The maximum Gasteiger partial charge on any atom is 0.167 e. The summed E-state index contributed by atoms with van der Waals surface area (Å²) in [5.41, 5.74) is 6.00. The van der Waals surface area contributed by atoms with Gasteiger partial charge in [0.2, 0.25) is 0 Å². The molecule has 0 aliphatic carbocycles. The summed E-state index contributed by atoms with van der Waals surface area (Å²) < 4.78 is 0. The first kappa shape index (κ1) is 10.2. The highest BCUT2D eigenvalue weighted by molar-refractivity contribution is 4.99. The molecule has 1 unspecified atom stereocenters. The largest absolute Gasteiger partial charge is 0.321 e. The first-order valence-electron chi connectivity index (χ1n) is 4.62. The number of nitrogens with one attached hydrogen (secondary N) is 1. The van der Waals surface area contributed by atoms with E-state index in [1.807, 2.05) is 6.92 Å². The molecule has 0 aromatic carbocycles. The third-order valence-electron chi connectivity index (χ3n) is 2.10. The number of aromatic amines is 1. The summed E-state index contributed by atoms with van der Waals surface area (Å²) in [6, 6.07) is -0.107. The zero-order valence-corrected chi connectivity index (χ0v) is 8.76. The quantitative estimate of drug-likeness (QED) is 0.726. The lowest BCUT2D eigenvalue weighted by atomic mass is 9.87. The summed E-state index contributed by atoms with van der Waals surface area (Å²) in [6.45, 7) is 8.28. The fourth-order valence-electron chi connectivity index (χ4n) is 0.995. The summed E-state index contributed by atoms with van der Waals surface area (Å²) in [7, 11) is 0. The van der Waals surface area contributed by atoms with Gasteiger partial charge in [-0.1, -0.05) is 27.7 Å². The summed E-state index contributed by atoms with van der Waals surface area (Å²) in [5.74, 6) is 1.61. The average Bonchev–Trinajstić information content (AvgIpc) is 2.48. The molecule has 0 bridgehead atoms. The Kier molecular flexibility index (Phi) is 2.71. The minimum Gasteiger partial charge on any atom is -0.321 e. The lowest BCUT2D eigenvalue weighted by Gasteiger charge is -2.24. The number of aromatic nitrogens is 3. The van der Waals surface area contributed by atoms with Crippen LogP contribution in [0.4, 0.5) is 0 Å². The molecule has 1 rings (SSSR count). The van der Waals surface area contributed by atoms with Gasteiger partial charge in [-0.25, -0.2) is 4.98 Å². The van der Waals surface area contributed by atoms with Crippen LogP contribution in [-0.4, -0.2) is 15.2 Å². The van der Waals surface area contributed by atoms with Crippen molar-refractivity contribution in [1.82, 2.24) is 15.2 Å². The van der Waals surface area contributed by atoms with Crippen molar-refractivity contribution < 1.29 is 0 Å². The Morgan fingerprint density at radius 1 is 1.46 bits per heavy atom. The van der Waals surface area contributed by atoms with Gasteiger partial charge < -0.3 is 5.73 Å². The highest BCUT2D eigenvalue weighted by atomic mass is 15.2. The first-order valence-corrected chi connectivity index (χ1v) is 4.62. The van der Waals surface area contributed by atoms with E-state index >= 15 is 0 Å². The Balaban J connectivity index is 2.83. The molecule has 4 heteroatoms. The highest BCUT2D eigenvalue weighted by Crippen LogP contribution is 2.27. The molecule has 0 radical (unpaired) electrons. The molecule has 0 saturated carbocycles. The molecule has 1 heterocycles. The minimum atomic E-state index is -0.107. The summed E-state index contributed by atoms with van der Waals surface area (Å²) >= 11 is 0. The van der Waals surface area contributed by atoms with Gasteiger partial charge in [-0.2, -0.15) is 5.10 Å². The number of nitrogens with two attached hydrogens (primary N) is 1. The van der Waals surface area contributed by atoms with Gasteiger partial charge in [0.15, 0.2) is 5.82 Å². The topological polar surface area (TPSA) is 67.6 Å². The zero-order chi connectivity index (χ0) is 10.1. The smallest absolute Gasteiger partial charge is 0.167 e. The van der Waals surface area contributed by atoms with Crippen molar-refractivity contribution in [2.45, 2.75) is 40.2 Å². The van der Waals surface area contributed by atoms with E-state index < -0.39 is 0 Å². The second-order valence-corrected chi connectivity index (χ2v) is 4.34. The second-order valence-electron chi connectivity index (χ2n) is 4.34. The van der Waals surface area contributed by atoms with Crippen LogP contribution in [0.5, 0.6) is 0 Å². The fourth-order valence-corrected chi connectivity index (χ4v) is 0.995. The maximum absolute atomic E-state index is 6.00. The van der Waals surface area contributed by atoms with Gasteiger partial charge in [0, 0.05) is 6.42 Å². The lowest BCUT2D eigenvalue weighted by Crippen LogP contribution is -2.27. The van der Waals surface area contributed by atoms with Crippen LogP contribution in [0, 0.1) is 5.41 Å². The number of H-pyrrole nitrogens is 1. The van der Waals surface area contributed by atoms with Crippen LogP contribution in [0.1, 0.15) is 45.4 Å². The SMILES string of the molecule is CCc1nc(C(N)C(C)(C)C)n[nH]1. The standard InChI is InChI=1S/C9H18N4/c1-5-6-11-8(13-12-6)7(10)9(2,3)4/h7H,5,10H2,1-4H3,(H,11,12,13). The normalized spacial score (nSPS) is 14.5. The van der Waals surface area contributed by atoms with E-state index in [1.165, 1.54) is 0 Å². The minimum absolute atomic E-state index is 0.00715. The number of hydrogen-bond acceptors (Lipinski definition) is 3. The van der Waals surface area contributed by atoms with Gasteiger partial charge in [-0.3, -0.25) is 5.10 Å². The summed E-state index contributed by atoms with van der Waals surface area (Å²) in [6.07, 6.45) is 0.865. The third kappa shape index (κ3) is 2.28. The molecule has 0 aliphatic heterocycles. The van der Waals surface area contributed by atoms with Crippen LogP contribution < -0.4 is 5.73 Å². The second kappa shape index (κ2) is 3.46. The molecule has 0 saturated heterocycles. The summed E-state index contributed by atoms with van der Waals surface area (Å²) in [4.78, 5) is 4.30. The molecule has 0 amide bonds. The van der Waals surface area contributed by atoms with Crippen LogP contribution in [0.25, 0.3) is 0 Å². The van der Waals surface area contributed by atoms with Crippen molar-refractivity contribution in [2.75, 3.05) is 0 Å². The van der Waals surface area contributed by atoms with E-state index in [0.29, 0.717) is 5.82 Å². The zero-order valence-electron chi connectivity index (χ0n) is 8.76. The third-order valence-corrected chi connectivity index (χ3v) is 2.10. The van der Waals surface area contributed by atoms with Gasteiger partial charge >= 0.3 is 0 Å². The van der Waals surface area contributed by atoms with Crippen LogP contribution in [0.3, 0.4) is 0 Å². The Labute approximate surface area is 78.9 Å². The molecule has 3 N–H and O–H groups in total. The molecular formula is C9H18N4. The van der Waals surface area contributed by atoms with Crippen molar-refractivity contribution in [3.8, 4) is 0 Å². The predicted molar refractivity (Wildman–Crippen MR) is 52.1 cm³/mol. The Hall–Kier alpha value is -0.900. The Morgan fingerprint density at radius 2 is 2.08 bits per heavy atom. The van der Waals surface area contributed by atoms with Crippen molar-refractivity contribution >= 4 is 0 Å². The van der Waals surface area contributed by atoms with E-state index in [4.69, 9.17) is 5.73 Å². The van der Waals surface area contributed by atoms with E-state index in [-0.39, 0.29) is 11.5 Å². The van der Waals surface area contributed by atoms with Crippen LogP contribution in [0.2, 0.25) is 0 Å². The van der Waals surface area contributed by atoms with Crippen molar-refractivity contribution in [2.24, 2.45) is 11.1 Å². The van der Waals surface area contributed by atoms with Gasteiger partial charge in [-0.15, -0.1) is 0 Å². The monoisotopic (exact) mass is 182 g/mol. The fraction of sp³-hybridized carbons (Fsp3) is 0.778. The van der Waals surface area contributed by atoms with Crippen LogP contribution in [0.15, 0.2) is 0 Å².